The van der Waals surface area contributed by atoms with Gasteiger partial charge in [0, 0.05) is 6.04 Å². The average molecular weight is 362 g/mol. The zero-order valence-electron chi connectivity index (χ0n) is 18.1. The summed E-state index contributed by atoms with van der Waals surface area (Å²) < 4.78 is 0. The van der Waals surface area contributed by atoms with E-state index in [-0.39, 0.29) is 0 Å². The molecule has 3 rings (SSSR count). The lowest BCUT2D eigenvalue weighted by molar-refractivity contribution is 0.0718. The molecule has 0 radical (unpaired) electrons. The molecule has 0 bridgehead atoms. The van der Waals surface area contributed by atoms with E-state index in [1.165, 1.54) is 77.3 Å². The first kappa shape index (κ1) is 20.7. The second-order valence-corrected chi connectivity index (χ2v) is 10.1. The van der Waals surface area contributed by atoms with Crippen molar-refractivity contribution in [2.45, 2.75) is 123 Å². The summed E-state index contributed by atoms with van der Waals surface area (Å²) in [6.45, 7) is 7.50. The quantitative estimate of drug-likeness (QED) is 0.434. The minimum Gasteiger partial charge on any atom is -0.300 e. The number of nitrogens with zero attached hydrogens (tertiary/aromatic N) is 1. The van der Waals surface area contributed by atoms with Crippen LogP contribution in [0.1, 0.15) is 117 Å². The van der Waals surface area contributed by atoms with Gasteiger partial charge in [-0.2, -0.15) is 0 Å². The van der Waals surface area contributed by atoms with Gasteiger partial charge in [-0.3, -0.25) is 0 Å². The highest BCUT2D eigenvalue weighted by Gasteiger charge is 2.33. The summed E-state index contributed by atoms with van der Waals surface area (Å²) in [4.78, 5) is 2.89. The molecule has 0 atom stereocenters. The Balaban J connectivity index is 1.32. The Hall–Kier alpha value is -0.0400. The van der Waals surface area contributed by atoms with E-state index in [0.717, 1.165) is 29.7 Å². The van der Waals surface area contributed by atoms with Crippen LogP contribution in [0.2, 0.25) is 0 Å². The van der Waals surface area contributed by atoms with Crippen molar-refractivity contribution in [3.8, 4) is 0 Å². The van der Waals surface area contributed by atoms with E-state index in [1.807, 2.05) is 0 Å². The molecule has 0 N–H and O–H groups in total. The van der Waals surface area contributed by atoms with Crippen LogP contribution >= 0.6 is 0 Å². The summed E-state index contributed by atoms with van der Waals surface area (Å²) in [6.07, 6.45) is 24.0. The minimum absolute atomic E-state index is 0.944. The van der Waals surface area contributed by atoms with Crippen LogP contribution in [0, 0.1) is 23.7 Å². The van der Waals surface area contributed by atoms with Crippen molar-refractivity contribution in [1.82, 2.24) is 4.90 Å². The van der Waals surface area contributed by atoms with Crippen LogP contribution < -0.4 is 0 Å². The van der Waals surface area contributed by atoms with Crippen molar-refractivity contribution in [3.05, 3.63) is 0 Å². The summed E-state index contributed by atoms with van der Waals surface area (Å²) in [5, 5.41) is 0. The zero-order chi connectivity index (χ0) is 18.2. The molecule has 1 heterocycles. The van der Waals surface area contributed by atoms with E-state index in [1.54, 1.807) is 38.5 Å². The highest BCUT2D eigenvalue weighted by atomic mass is 15.2. The predicted molar refractivity (Wildman–Crippen MR) is 115 cm³/mol. The lowest BCUT2D eigenvalue weighted by Gasteiger charge is -2.43. The molecule has 0 amide bonds. The van der Waals surface area contributed by atoms with Crippen molar-refractivity contribution < 1.29 is 0 Å². The fraction of sp³-hybridized carbons (Fsp3) is 1.00. The molecule has 1 nitrogen and oxygen atoms in total. The van der Waals surface area contributed by atoms with E-state index in [0.29, 0.717) is 0 Å². The molecule has 1 aliphatic heterocycles. The molecule has 152 valence electrons. The van der Waals surface area contributed by atoms with Gasteiger partial charge in [-0.05, 0) is 88.1 Å². The summed E-state index contributed by atoms with van der Waals surface area (Å²) in [5.41, 5.74) is 0. The first-order chi connectivity index (χ1) is 12.8. The normalized spacial score (nSPS) is 34.8. The van der Waals surface area contributed by atoms with Gasteiger partial charge >= 0.3 is 0 Å². The highest BCUT2D eigenvalue weighted by molar-refractivity contribution is 4.86. The number of hydrogen-bond donors (Lipinski definition) is 0. The second kappa shape index (κ2) is 11.1. The number of hydrogen-bond acceptors (Lipinski definition) is 1. The Kier molecular flexibility index (Phi) is 8.82. The van der Waals surface area contributed by atoms with Crippen LogP contribution in [0.5, 0.6) is 0 Å². The molecule has 1 saturated heterocycles. The van der Waals surface area contributed by atoms with Gasteiger partial charge in [0.2, 0.25) is 0 Å². The Bertz CT molecular complexity index is 318. The van der Waals surface area contributed by atoms with E-state index < -0.39 is 0 Å². The fourth-order valence-electron chi connectivity index (χ4n) is 6.48. The predicted octanol–water partition coefficient (Wildman–Crippen LogP) is 7.44. The van der Waals surface area contributed by atoms with Crippen molar-refractivity contribution in [3.63, 3.8) is 0 Å². The van der Waals surface area contributed by atoms with E-state index in [4.69, 9.17) is 0 Å². The fourth-order valence-corrected chi connectivity index (χ4v) is 6.48. The van der Waals surface area contributed by atoms with Gasteiger partial charge in [-0.25, -0.2) is 0 Å². The summed E-state index contributed by atoms with van der Waals surface area (Å²) in [7, 11) is 0. The van der Waals surface area contributed by atoms with Crippen LogP contribution in [0.3, 0.4) is 0 Å². The Morgan fingerprint density at radius 2 is 1.04 bits per heavy atom. The van der Waals surface area contributed by atoms with Gasteiger partial charge in [-0.1, -0.05) is 65.2 Å². The van der Waals surface area contributed by atoms with Gasteiger partial charge in [0.1, 0.15) is 0 Å². The molecule has 0 aromatic heterocycles. The molecule has 0 aromatic rings. The Labute approximate surface area is 164 Å². The first-order valence-electron chi connectivity index (χ1n) is 12.5. The number of unbranched alkanes of at least 4 members (excludes halogenated alkanes) is 2. The molecular weight excluding hydrogens is 314 g/mol. The van der Waals surface area contributed by atoms with E-state index in [2.05, 4.69) is 18.7 Å². The lowest BCUT2D eigenvalue weighted by Crippen LogP contribution is -2.43. The number of piperidine rings is 1. The smallest absolute Gasteiger partial charge is 0.00954 e. The molecule has 3 fully saturated rings. The van der Waals surface area contributed by atoms with Gasteiger partial charge in [-0.15, -0.1) is 0 Å². The van der Waals surface area contributed by atoms with Crippen LogP contribution in [0.25, 0.3) is 0 Å². The van der Waals surface area contributed by atoms with Crippen molar-refractivity contribution in [1.29, 1.82) is 0 Å². The summed E-state index contributed by atoms with van der Waals surface area (Å²) in [6, 6.07) is 0.944. The molecular formula is C25H47N. The minimum atomic E-state index is 0.944. The molecule has 3 aliphatic rings. The van der Waals surface area contributed by atoms with Gasteiger partial charge in [0.05, 0.1) is 0 Å². The topological polar surface area (TPSA) is 3.24 Å². The second-order valence-electron chi connectivity index (χ2n) is 10.1. The summed E-state index contributed by atoms with van der Waals surface area (Å²) in [5.74, 6) is 4.30. The van der Waals surface area contributed by atoms with Gasteiger partial charge < -0.3 is 4.90 Å². The van der Waals surface area contributed by atoms with Crippen molar-refractivity contribution >= 4 is 0 Å². The van der Waals surface area contributed by atoms with E-state index in [9.17, 15) is 0 Å². The molecule has 0 unspecified atom stereocenters. The first-order valence-corrected chi connectivity index (χ1v) is 12.5. The maximum Gasteiger partial charge on any atom is 0.00954 e. The Morgan fingerprint density at radius 1 is 0.577 bits per heavy atom. The maximum absolute atomic E-state index is 2.89. The Morgan fingerprint density at radius 3 is 1.54 bits per heavy atom. The third-order valence-corrected chi connectivity index (χ3v) is 8.40. The monoisotopic (exact) mass is 361 g/mol. The number of rotatable bonds is 8. The maximum atomic E-state index is 2.89. The standard InChI is InChI=1S/C25H47N/c1-3-5-7-21-9-11-23(12-10-21)24-13-15-25(16-14-24)26-19-17-22(18-20-26)8-6-4-2/h21-25H,3-20H2,1-2H3/t21-,23-,24?,25?. The number of likely N-dealkylation sites (tertiary alicyclic amines) is 1. The van der Waals surface area contributed by atoms with Gasteiger partial charge in [0.25, 0.3) is 0 Å². The highest BCUT2D eigenvalue weighted by Crippen LogP contribution is 2.42. The summed E-state index contributed by atoms with van der Waals surface area (Å²) >= 11 is 0. The largest absolute Gasteiger partial charge is 0.300 e. The van der Waals surface area contributed by atoms with Crippen LogP contribution in [0.15, 0.2) is 0 Å². The van der Waals surface area contributed by atoms with Crippen LogP contribution in [-0.4, -0.2) is 24.0 Å². The van der Waals surface area contributed by atoms with Gasteiger partial charge in [0.15, 0.2) is 0 Å². The molecule has 2 saturated carbocycles. The van der Waals surface area contributed by atoms with Crippen molar-refractivity contribution in [2.75, 3.05) is 13.1 Å². The molecule has 2 aliphatic carbocycles. The van der Waals surface area contributed by atoms with Crippen LogP contribution in [-0.2, 0) is 0 Å². The molecule has 0 aromatic carbocycles. The molecule has 1 heteroatoms. The molecule has 26 heavy (non-hydrogen) atoms. The van der Waals surface area contributed by atoms with Crippen molar-refractivity contribution in [2.24, 2.45) is 23.7 Å². The SMILES string of the molecule is CCCCC1CCN(C2CCC([C@H]3CC[C@H](CCCC)CC3)CC2)CC1. The third-order valence-electron chi connectivity index (χ3n) is 8.40. The van der Waals surface area contributed by atoms with E-state index >= 15 is 0 Å². The van der Waals surface area contributed by atoms with Crippen LogP contribution in [0.4, 0.5) is 0 Å². The third kappa shape index (κ3) is 5.98. The lowest BCUT2D eigenvalue weighted by atomic mass is 9.69. The zero-order valence-corrected chi connectivity index (χ0v) is 18.1. The molecule has 0 spiro atoms. The average Bonchev–Trinajstić information content (AvgIpc) is 2.72.